The molecule has 14 rings (SSSR count). The molecule has 0 amide bonds. The van der Waals surface area contributed by atoms with E-state index < -0.39 is 69.9 Å². The van der Waals surface area contributed by atoms with Crippen LogP contribution < -0.4 is 5.32 Å². The molecule has 13 nitrogen and oxygen atoms in total. The first kappa shape index (κ1) is 47.8. The van der Waals surface area contributed by atoms with Crippen LogP contribution in [0.3, 0.4) is 0 Å². The number of ketones is 1. The summed E-state index contributed by atoms with van der Waals surface area (Å²) in [5.41, 5.74) is -3.18. The lowest BCUT2D eigenvalue weighted by Gasteiger charge is -2.70. The standard InChI is InChI=1S/C60H78N2O11/c1-56-22-18-47-57-32-70-49(65)29-48(57)72-58(21-8-13-36-12-5-6-15-43(36)58)51(57)50(66)52(67)59(47,39-14-7-11-35(26-39)25-34-9-3-2-4-10-34)60(56)54(73-60)55(68)71-53(56)41-20-24-69-46(41)28-42(45(64)31-63)37-16-17-40-38(27-37)19-23-62-33-61-30-44(40)62/h2-4,9-10,19-20,23-24,35-40,42-45,47-48,51-54,61,63-64,67H,5-8,11-18,21-22,25-33H2,1H3. The maximum Gasteiger partial charge on any atom is 0.339 e. The number of aliphatic hydroxyl groups is 3. The molecule has 2 aromatic rings. The van der Waals surface area contributed by atoms with Crippen LogP contribution in [0, 0.1) is 75.4 Å². The summed E-state index contributed by atoms with van der Waals surface area (Å²) in [4.78, 5) is 47.8. The topological polar surface area (TPSA) is 181 Å². The lowest BCUT2D eigenvalue weighted by atomic mass is 9.32. The Hall–Kier alpha value is -3.59. The predicted octanol–water partition coefficient (Wildman–Crippen LogP) is 7.39. The molecule has 13 heteroatoms. The molecule has 11 fully saturated rings. The normalized spacial score (nSPS) is 48.1. The van der Waals surface area contributed by atoms with Crippen molar-refractivity contribution < 1.29 is 53.1 Å². The molecular weight excluding hydrogens is 925 g/mol. The minimum atomic E-state index is -1.45. The van der Waals surface area contributed by atoms with Crippen molar-refractivity contribution in [2.24, 2.45) is 75.4 Å². The van der Waals surface area contributed by atoms with Gasteiger partial charge >= 0.3 is 11.9 Å². The third-order valence-corrected chi connectivity index (χ3v) is 23.5. The quantitative estimate of drug-likeness (QED) is 0.144. The maximum atomic E-state index is 16.5. The van der Waals surface area contributed by atoms with E-state index in [1.165, 1.54) is 12.0 Å². The minimum Gasteiger partial charge on any atom is -0.469 e. The van der Waals surface area contributed by atoms with Gasteiger partial charge in [-0.25, -0.2) is 4.79 Å². The van der Waals surface area contributed by atoms with Crippen LogP contribution in [0.25, 0.3) is 0 Å². The van der Waals surface area contributed by atoms with Crippen LogP contribution in [-0.4, -0.2) is 106 Å². The number of allylic oxidation sites excluding steroid dienone is 1. The Balaban J connectivity index is 0.875. The van der Waals surface area contributed by atoms with Crippen LogP contribution in [-0.2, 0) is 46.2 Å². The second kappa shape index (κ2) is 17.5. The zero-order chi connectivity index (χ0) is 49.6. The van der Waals surface area contributed by atoms with Gasteiger partial charge in [-0.15, -0.1) is 0 Å². The number of carbonyl (C=O) groups is 3. The minimum absolute atomic E-state index is 0.0610. The van der Waals surface area contributed by atoms with Gasteiger partial charge in [-0.05, 0) is 142 Å². The number of esters is 2. The molecule has 7 heterocycles. The number of nitrogens with zero attached hydrogens (tertiary/aromatic N) is 1. The number of cyclic esters (lactones) is 2. The fourth-order valence-corrected chi connectivity index (χ4v) is 20.9. The molecule has 6 saturated carbocycles. The lowest BCUT2D eigenvalue weighted by molar-refractivity contribution is -0.277. The molecule has 3 spiro atoms. The first-order valence-electron chi connectivity index (χ1n) is 29.0. The number of ether oxygens (including phenoxy) is 4. The summed E-state index contributed by atoms with van der Waals surface area (Å²) in [6.45, 7) is 3.72. The summed E-state index contributed by atoms with van der Waals surface area (Å²) in [5, 5.41) is 39.9. The van der Waals surface area contributed by atoms with Gasteiger partial charge in [-0.2, -0.15) is 0 Å². The summed E-state index contributed by atoms with van der Waals surface area (Å²) < 4.78 is 34.5. The first-order valence-corrected chi connectivity index (χ1v) is 29.0. The highest BCUT2D eigenvalue weighted by atomic mass is 16.7. The number of benzene rings is 1. The molecule has 394 valence electrons. The Morgan fingerprint density at radius 1 is 0.904 bits per heavy atom. The second-order valence-electron chi connectivity index (χ2n) is 26.1. The number of aliphatic hydroxyl groups excluding tert-OH is 3. The summed E-state index contributed by atoms with van der Waals surface area (Å²) >= 11 is 0. The number of nitrogens with one attached hydrogen (secondary N) is 1. The van der Waals surface area contributed by atoms with Crippen molar-refractivity contribution in [2.45, 2.75) is 177 Å². The summed E-state index contributed by atoms with van der Waals surface area (Å²) in [7, 11) is 0. The molecule has 21 unspecified atom stereocenters. The van der Waals surface area contributed by atoms with E-state index in [0.29, 0.717) is 48.8 Å². The van der Waals surface area contributed by atoms with E-state index in [9.17, 15) is 20.1 Å². The number of epoxide rings is 1. The molecular formula is C60H78N2O11. The van der Waals surface area contributed by atoms with E-state index in [0.717, 1.165) is 109 Å². The number of hydrogen-bond acceptors (Lipinski definition) is 13. The molecule has 1 aromatic carbocycles. The van der Waals surface area contributed by atoms with E-state index in [1.54, 1.807) is 6.26 Å². The van der Waals surface area contributed by atoms with Gasteiger partial charge in [-0.3, -0.25) is 14.9 Å². The van der Waals surface area contributed by atoms with Crippen molar-refractivity contribution in [3.63, 3.8) is 0 Å². The molecule has 6 aliphatic carbocycles. The van der Waals surface area contributed by atoms with Gasteiger partial charge in [0.1, 0.15) is 30.2 Å². The van der Waals surface area contributed by atoms with Gasteiger partial charge in [0.25, 0.3) is 0 Å². The second-order valence-corrected chi connectivity index (χ2v) is 26.1. The van der Waals surface area contributed by atoms with E-state index in [4.69, 9.17) is 23.4 Å². The molecule has 12 aliphatic rings. The van der Waals surface area contributed by atoms with E-state index in [1.807, 2.05) is 12.1 Å². The number of hydrogen-bond donors (Lipinski definition) is 4. The molecule has 0 bridgehead atoms. The van der Waals surface area contributed by atoms with Crippen molar-refractivity contribution in [2.75, 3.05) is 26.4 Å². The molecule has 5 saturated heterocycles. The Kier molecular flexibility index (Phi) is 11.4. The highest BCUT2D eigenvalue weighted by molar-refractivity contribution is 5.92. The average Bonchev–Trinajstić information content (AvgIpc) is 3.64. The van der Waals surface area contributed by atoms with Crippen molar-refractivity contribution in [3.8, 4) is 0 Å². The Morgan fingerprint density at radius 3 is 2.62 bits per heavy atom. The Bertz CT molecular complexity index is 2510. The third kappa shape index (κ3) is 6.56. The fourth-order valence-electron chi connectivity index (χ4n) is 20.9. The van der Waals surface area contributed by atoms with Gasteiger partial charge in [0.2, 0.25) is 0 Å². The Labute approximate surface area is 429 Å². The molecule has 73 heavy (non-hydrogen) atoms. The zero-order valence-corrected chi connectivity index (χ0v) is 42.8. The number of carbonyl (C=O) groups excluding carboxylic acids is 3. The lowest BCUT2D eigenvalue weighted by Crippen LogP contribution is -2.79. The van der Waals surface area contributed by atoms with Crippen molar-refractivity contribution >= 4 is 17.7 Å². The monoisotopic (exact) mass is 1000 g/mol. The van der Waals surface area contributed by atoms with Crippen LogP contribution in [0.4, 0.5) is 0 Å². The zero-order valence-electron chi connectivity index (χ0n) is 42.8. The van der Waals surface area contributed by atoms with Crippen LogP contribution in [0.2, 0.25) is 0 Å². The van der Waals surface area contributed by atoms with Gasteiger partial charge in [-0.1, -0.05) is 81.9 Å². The number of Topliss-reactive ketones (excluding diaryl/α,β-unsaturated/α-hetero) is 1. The SMILES string of the molecule is CC12CCC3C45COC(=O)CC4OC4(CCCC6CCCCC64)C5C(=O)C(O)C3(C3CCCC(Cc4ccccc4)C3)C13OC3C(=O)OC2c1ccoc1CC(C(O)CO)C1CCC2C(C=CN3CNCC23)C1. The van der Waals surface area contributed by atoms with Crippen molar-refractivity contribution in [1.82, 2.24) is 10.2 Å². The highest BCUT2D eigenvalue weighted by Crippen LogP contribution is 2.83. The number of furan rings is 1. The van der Waals surface area contributed by atoms with Gasteiger partial charge in [0.15, 0.2) is 11.9 Å². The molecule has 4 N–H and O–H groups in total. The fraction of sp³-hybridized carbons (Fsp3) is 0.750. The van der Waals surface area contributed by atoms with Crippen LogP contribution in [0.5, 0.6) is 0 Å². The van der Waals surface area contributed by atoms with Crippen LogP contribution >= 0.6 is 0 Å². The van der Waals surface area contributed by atoms with Crippen molar-refractivity contribution in [3.05, 3.63) is 71.8 Å². The summed E-state index contributed by atoms with van der Waals surface area (Å²) in [6.07, 6.45) is 17.4. The smallest absolute Gasteiger partial charge is 0.339 e. The summed E-state index contributed by atoms with van der Waals surface area (Å²) in [6, 6.07) is 13.0. The molecule has 6 aliphatic heterocycles. The summed E-state index contributed by atoms with van der Waals surface area (Å²) in [5.74, 6) is 0.0516. The van der Waals surface area contributed by atoms with Gasteiger partial charge < -0.3 is 43.6 Å². The Morgan fingerprint density at radius 2 is 1.75 bits per heavy atom. The van der Waals surface area contributed by atoms with Crippen LogP contribution in [0.15, 0.2) is 59.4 Å². The highest BCUT2D eigenvalue weighted by Gasteiger charge is 2.93. The van der Waals surface area contributed by atoms with Gasteiger partial charge in [0.05, 0.1) is 49.7 Å². The van der Waals surface area contributed by atoms with E-state index in [2.05, 4.69) is 53.7 Å². The largest absolute Gasteiger partial charge is 0.469 e. The third-order valence-electron chi connectivity index (χ3n) is 23.5. The number of fused-ring (bicyclic) bond motifs is 7. The van der Waals surface area contributed by atoms with Gasteiger partial charge in [0, 0.05) is 40.8 Å². The average molecular weight is 1000 g/mol. The van der Waals surface area contributed by atoms with E-state index >= 15 is 9.59 Å². The van der Waals surface area contributed by atoms with Crippen LogP contribution in [0.1, 0.15) is 139 Å². The van der Waals surface area contributed by atoms with Crippen molar-refractivity contribution in [1.29, 1.82) is 0 Å². The predicted molar refractivity (Wildman–Crippen MR) is 266 cm³/mol. The molecule has 0 radical (unpaired) electrons. The molecule has 21 atom stereocenters. The number of rotatable bonds is 9. The molecule has 1 aromatic heterocycles. The maximum absolute atomic E-state index is 16.5. The van der Waals surface area contributed by atoms with E-state index in [-0.39, 0.29) is 66.9 Å². The first-order chi connectivity index (χ1) is 35.5.